The molecule has 0 N–H and O–H groups in total. The van der Waals surface area contributed by atoms with E-state index >= 15 is 0 Å². The van der Waals surface area contributed by atoms with Crippen molar-refractivity contribution < 1.29 is 0 Å². The fourth-order valence-electron chi connectivity index (χ4n) is 0.427. The van der Waals surface area contributed by atoms with E-state index in [-0.39, 0.29) is 15.7 Å². The van der Waals surface area contributed by atoms with Crippen LogP contribution < -0.4 is 0 Å². The smallest absolute Gasteiger partial charge is 0.171 e. The third kappa shape index (κ3) is 1.18. The maximum atomic E-state index is 8.38. The van der Waals surface area contributed by atoms with Crippen molar-refractivity contribution in [3.05, 3.63) is 21.9 Å². The number of nitriles is 1. The van der Waals surface area contributed by atoms with E-state index in [0.29, 0.717) is 0 Å². The molecule has 0 spiro atoms. The van der Waals surface area contributed by atoms with Crippen molar-refractivity contribution in [2.45, 2.75) is 0 Å². The molecule has 0 amide bonds. The Balaban J connectivity index is 3.31. The molecule has 0 bridgehead atoms. The summed E-state index contributed by atoms with van der Waals surface area (Å²) < 4.78 is 0. The van der Waals surface area contributed by atoms with Gasteiger partial charge in [0.2, 0.25) is 0 Å². The minimum Gasteiger partial charge on any atom is -0.192 e. The average molecular weight is 174 g/mol. The zero-order chi connectivity index (χ0) is 7.56. The Morgan fingerprint density at radius 2 is 2.20 bits per heavy atom. The van der Waals surface area contributed by atoms with Gasteiger partial charge in [0.15, 0.2) is 5.15 Å². The van der Waals surface area contributed by atoms with Crippen molar-refractivity contribution in [3.63, 3.8) is 0 Å². The van der Waals surface area contributed by atoms with Crippen LogP contribution in [0.1, 0.15) is 5.56 Å². The SMILES string of the molecule is N#Cc1cnnc(Cl)c1Cl. The summed E-state index contributed by atoms with van der Waals surface area (Å²) in [6, 6.07) is 1.82. The van der Waals surface area contributed by atoms with Crippen LogP contribution in [0.5, 0.6) is 0 Å². The van der Waals surface area contributed by atoms with E-state index in [1.54, 1.807) is 0 Å². The first kappa shape index (κ1) is 7.26. The van der Waals surface area contributed by atoms with Crippen LogP contribution in [-0.2, 0) is 0 Å². The molecule has 50 valence electrons. The van der Waals surface area contributed by atoms with Crippen LogP contribution in [0.3, 0.4) is 0 Å². The minimum absolute atomic E-state index is 0.0562. The zero-order valence-corrected chi connectivity index (χ0v) is 6.19. The standard InChI is InChI=1S/C5HCl2N3/c6-4-3(1-8)2-9-10-5(4)7/h2H. The van der Waals surface area contributed by atoms with Gasteiger partial charge in [-0.3, -0.25) is 0 Å². The van der Waals surface area contributed by atoms with Gasteiger partial charge >= 0.3 is 0 Å². The molecule has 5 heteroatoms. The van der Waals surface area contributed by atoms with Gasteiger partial charge in [-0.05, 0) is 0 Å². The molecule has 0 saturated heterocycles. The maximum Gasteiger partial charge on any atom is 0.171 e. The Morgan fingerprint density at radius 3 is 2.70 bits per heavy atom. The molecule has 0 aliphatic rings. The summed E-state index contributed by atoms with van der Waals surface area (Å²) in [5.74, 6) is 0. The van der Waals surface area contributed by atoms with Gasteiger partial charge in [0.05, 0.1) is 16.8 Å². The van der Waals surface area contributed by atoms with Crippen LogP contribution in [0.4, 0.5) is 0 Å². The second-order valence-electron chi connectivity index (χ2n) is 1.47. The first-order valence-electron chi connectivity index (χ1n) is 2.32. The van der Waals surface area contributed by atoms with Crippen molar-refractivity contribution in [1.29, 1.82) is 5.26 Å². The summed E-state index contributed by atoms with van der Waals surface area (Å²) in [6.45, 7) is 0. The third-order valence-electron chi connectivity index (χ3n) is 0.870. The Morgan fingerprint density at radius 1 is 1.50 bits per heavy atom. The van der Waals surface area contributed by atoms with Crippen LogP contribution in [0.15, 0.2) is 6.20 Å². The van der Waals surface area contributed by atoms with Crippen molar-refractivity contribution in [2.75, 3.05) is 0 Å². The maximum absolute atomic E-state index is 8.38. The predicted octanol–water partition coefficient (Wildman–Crippen LogP) is 1.66. The summed E-state index contributed by atoms with van der Waals surface area (Å²) >= 11 is 11.0. The first-order chi connectivity index (χ1) is 4.75. The van der Waals surface area contributed by atoms with Gasteiger partial charge in [-0.15, -0.1) is 5.10 Å². The van der Waals surface area contributed by atoms with Gasteiger partial charge in [-0.25, -0.2) is 0 Å². The highest BCUT2D eigenvalue weighted by atomic mass is 35.5. The van der Waals surface area contributed by atoms with Crippen molar-refractivity contribution in [1.82, 2.24) is 10.2 Å². The molecule has 1 heterocycles. The largest absolute Gasteiger partial charge is 0.192 e. The molecule has 10 heavy (non-hydrogen) atoms. The quantitative estimate of drug-likeness (QED) is 0.600. The molecule has 1 aromatic heterocycles. The van der Waals surface area contributed by atoms with E-state index in [1.165, 1.54) is 6.20 Å². The van der Waals surface area contributed by atoms with Crippen molar-refractivity contribution in [3.8, 4) is 6.07 Å². The molecule has 0 atom stereocenters. The van der Waals surface area contributed by atoms with Crippen LogP contribution in [0.25, 0.3) is 0 Å². The number of hydrogen-bond acceptors (Lipinski definition) is 3. The first-order valence-corrected chi connectivity index (χ1v) is 3.08. The molecule has 3 nitrogen and oxygen atoms in total. The zero-order valence-electron chi connectivity index (χ0n) is 4.67. The molecule has 1 aromatic rings. The number of hydrogen-bond donors (Lipinski definition) is 0. The van der Waals surface area contributed by atoms with Crippen LogP contribution in [0, 0.1) is 11.3 Å². The van der Waals surface area contributed by atoms with E-state index in [0.717, 1.165) is 0 Å². The van der Waals surface area contributed by atoms with Crippen LogP contribution in [0.2, 0.25) is 10.2 Å². The van der Waals surface area contributed by atoms with E-state index in [9.17, 15) is 0 Å². The number of aromatic nitrogens is 2. The van der Waals surface area contributed by atoms with Gasteiger partial charge in [-0.1, -0.05) is 23.2 Å². The van der Waals surface area contributed by atoms with E-state index in [2.05, 4.69) is 10.2 Å². The molecule has 0 radical (unpaired) electrons. The molecule has 0 unspecified atom stereocenters. The lowest BCUT2D eigenvalue weighted by Gasteiger charge is -1.91. The predicted molar refractivity (Wildman–Crippen MR) is 36.8 cm³/mol. The highest BCUT2D eigenvalue weighted by molar-refractivity contribution is 6.41. The summed E-state index contributed by atoms with van der Waals surface area (Å²) in [6.07, 6.45) is 1.26. The van der Waals surface area contributed by atoms with Gasteiger partial charge < -0.3 is 0 Å². The fourth-order valence-corrected chi connectivity index (χ4v) is 0.701. The third-order valence-corrected chi connectivity index (χ3v) is 1.61. The van der Waals surface area contributed by atoms with E-state index in [4.69, 9.17) is 28.5 Å². The summed E-state index contributed by atoms with van der Waals surface area (Å²) in [7, 11) is 0. The summed E-state index contributed by atoms with van der Waals surface area (Å²) in [5, 5.41) is 15.4. The molecule has 0 aromatic carbocycles. The highest BCUT2D eigenvalue weighted by Crippen LogP contribution is 2.20. The molecule has 1 rings (SSSR count). The molecular formula is C5HCl2N3. The van der Waals surface area contributed by atoms with Crippen LogP contribution >= 0.6 is 23.2 Å². The monoisotopic (exact) mass is 173 g/mol. The van der Waals surface area contributed by atoms with Crippen molar-refractivity contribution >= 4 is 23.2 Å². The molecule has 0 aliphatic heterocycles. The fraction of sp³-hybridized carbons (Fsp3) is 0. The Labute approximate surface area is 67.2 Å². The summed E-state index contributed by atoms with van der Waals surface area (Å²) in [4.78, 5) is 0. The Bertz CT molecular complexity index is 291. The molecule has 0 fully saturated rings. The molecular weight excluding hydrogens is 173 g/mol. The lowest BCUT2D eigenvalue weighted by Crippen LogP contribution is -1.85. The lowest BCUT2D eigenvalue weighted by molar-refractivity contribution is 1.02. The normalized spacial score (nSPS) is 8.90. The number of halogens is 2. The van der Waals surface area contributed by atoms with Crippen LogP contribution in [-0.4, -0.2) is 10.2 Å². The second-order valence-corrected chi connectivity index (χ2v) is 2.21. The van der Waals surface area contributed by atoms with E-state index < -0.39 is 0 Å². The number of rotatable bonds is 0. The van der Waals surface area contributed by atoms with Gasteiger partial charge in [0.1, 0.15) is 6.07 Å². The Hall–Kier alpha value is -0.850. The topological polar surface area (TPSA) is 49.6 Å². The highest BCUT2D eigenvalue weighted by Gasteiger charge is 2.03. The molecule has 0 aliphatic carbocycles. The van der Waals surface area contributed by atoms with Crippen molar-refractivity contribution in [2.24, 2.45) is 0 Å². The Kier molecular flexibility index (Phi) is 2.05. The lowest BCUT2D eigenvalue weighted by atomic mass is 10.3. The van der Waals surface area contributed by atoms with Gasteiger partial charge in [0, 0.05) is 0 Å². The molecule has 0 saturated carbocycles. The number of nitrogens with zero attached hydrogens (tertiary/aromatic N) is 3. The van der Waals surface area contributed by atoms with Gasteiger partial charge in [0.25, 0.3) is 0 Å². The summed E-state index contributed by atoms with van der Waals surface area (Å²) in [5.41, 5.74) is 0.238. The van der Waals surface area contributed by atoms with E-state index in [1.807, 2.05) is 6.07 Å². The second kappa shape index (κ2) is 2.82. The average Bonchev–Trinajstić information content (AvgIpc) is 1.95. The van der Waals surface area contributed by atoms with Gasteiger partial charge in [-0.2, -0.15) is 10.4 Å². The minimum atomic E-state index is 0.0562.